The molecule has 0 amide bonds. The minimum Gasteiger partial charge on any atom is -0.468 e. The second-order valence-electron chi connectivity index (χ2n) is 5.63. The summed E-state index contributed by atoms with van der Waals surface area (Å²) in [6, 6.07) is 6.57. The second-order valence-corrected chi connectivity index (χ2v) is 5.63. The molecular weight excluding hydrogens is 383 g/mol. The predicted octanol–water partition coefficient (Wildman–Crippen LogP) is 2.78. The Morgan fingerprint density at radius 2 is 2.04 bits per heavy atom. The standard InChI is InChI=1S/C16H12F3N5O4/c17-16(18,19)8-28-13-5-9(3-4-20-13)7-21-15-22-12-2-1-10(24(26)27)6-11(12)14(25)23-15/h1-6H,7-8H2,(H2,21,22,23,25). The maximum atomic E-state index is 12.2. The van der Waals surface area contributed by atoms with E-state index in [1.807, 2.05) is 0 Å². The summed E-state index contributed by atoms with van der Waals surface area (Å²) in [5, 5.41) is 13.7. The zero-order chi connectivity index (χ0) is 20.3. The quantitative estimate of drug-likeness (QED) is 0.486. The van der Waals surface area contributed by atoms with Crippen molar-refractivity contribution in [3.8, 4) is 5.88 Å². The molecule has 2 N–H and O–H groups in total. The largest absolute Gasteiger partial charge is 0.468 e. The maximum Gasteiger partial charge on any atom is 0.422 e. The molecule has 12 heteroatoms. The van der Waals surface area contributed by atoms with E-state index in [-0.39, 0.29) is 35.0 Å². The van der Waals surface area contributed by atoms with Crippen molar-refractivity contribution in [3.63, 3.8) is 0 Å². The molecule has 0 radical (unpaired) electrons. The van der Waals surface area contributed by atoms with E-state index in [1.165, 1.54) is 24.4 Å². The molecule has 0 unspecified atom stereocenters. The van der Waals surface area contributed by atoms with Crippen molar-refractivity contribution in [2.75, 3.05) is 11.9 Å². The molecular formula is C16H12F3N5O4. The van der Waals surface area contributed by atoms with Crippen molar-refractivity contribution in [2.24, 2.45) is 0 Å². The first-order valence-electron chi connectivity index (χ1n) is 7.78. The number of H-pyrrole nitrogens is 1. The van der Waals surface area contributed by atoms with Crippen LogP contribution in [0.2, 0.25) is 0 Å². The molecule has 146 valence electrons. The molecule has 0 fully saturated rings. The summed E-state index contributed by atoms with van der Waals surface area (Å²) < 4.78 is 41.2. The third kappa shape index (κ3) is 4.72. The number of nitro groups is 1. The highest BCUT2D eigenvalue weighted by molar-refractivity contribution is 5.80. The van der Waals surface area contributed by atoms with Crippen LogP contribution in [-0.2, 0) is 6.54 Å². The summed E-state index contributed by atoms with van der Waals surface area (Å²) >= 11 is 0. The Morgan fingerprint density at radius 3 is 2.75 bits per heavy atom. The maximum absolute atomic E-state index is 12.2. The number of fused-ring (bicyclic) bond motifs is 1. The number of nitrogens with zero attached hydrogens (tertiary/aromatic N) is 3. The average Bonchev–Trinajstić information content (AvgIpc) is 2.64. The highest BCUT2D eigenvalue weighted by Gasteiger charge is 2.28. The number of halogens is 3. The zero-order valence-corrected chi connectivity index (χ0v) is 14.0. The number of rotatable bonds is 6. The first kappa shape index (κ1) is 19.1. The first-order valence-corrected chi connectivity index (χ1v) is 7.78. The van der Waals surface area contributed by atoms with Gasteiger partial charge in [0.1, 0.15) is 0 Å². The van der Waals surface area contributed by atoms with Gasteiger partial charge in [-0.15, -0.1) is 0 Å². The first-order chi connectivity index (χ1) is 13.2. The topological polar surface area (TPSA) is 123 Å². The van der Waals surface area contributed by atoms with Gasteiger partial charge < -0.3 is 10.1 Å². The summed E-state index contributed by atoms with van der Waals surface area (Å²) in [6.07, 6.45) is -3.18. The lowest BCUT2D eigenvalue weighted by Crippen LogP contribution is -2.19. The van der Waals surface area contributed by atoms with E-state index in [9.17, 15) is 28.1 Å². The fourth-order valence-corrected chi connectivity index (χ4v) is 2.30. The van der Waals surface area contributed by atoms with E-state index in [2.05, 4.69) is 25.0 Å². The number of hydrogen-bond acceptors (Lipinski definition) is 7. The van der Waals surface area contributed by atoms with Crippen LogP contribution in [0.25, 0.3) is 10.9 Å². The van der Waals surface area contributed by atoms with E-state index < -0.39 is 23.3 Å². The number of non-ortho nitro benzene ring substituents is 1. The summed E-state index contributed by atoms with van der Waals surface area (Å²) in [7, 11) is 0. The third-order valence-electron chi connectivity index (χ3n) is 3.54. The van der Waals surface area contributed by atoms with Crippen LogP contribution in [-0.4, -0.2) is 32.7 Å². The highest BCUT2D eigenvalue weighted by Crippen LogP contribution is 2.19. The molecule has 0 bridgehead atoms. The van der Waals surface area contributed by atoms with Gasteiger partial charge in [0.15, 0.2) is 6.61 Å². The van der Waals surface area contributed by atoms with Gasteiger partial charge in [0.25, 0.3) is 11.2 Å². The fraction of sp³-hybridized carbons (Fsp3) is 0.188. The normalized spacial score (nSPS) is 11.4. The Labute approximate surface area is 154 Å². The molecule has 0 aliphatic rings. The number of aromatic amines is 1. The number of hydrogen-bond donors (Lipinski definition) is 2. The molecule has 0 atom stereocenters. The van der Waals surface area contributed by atoms with Crippen molar-refractivity contribution < 1.29 is 22.8 Å². The molecule has 9 nitrogen and oxygen atoms in total. The van der Waals surface area contributed by atoms with E-state index in [4.69, 9.17) is 0 Å². The van der Waals surface area contributed by atoms with Crippen LogP contribution in [0.4, 0.5) is 24.8 Å². The molecule has 0 saturated carbocycles. The summed E-state index contributed by atoms with van der Waals surface area (Å²) in [6.45, 7) is -1.34. The molecule has 0 aliphatic heterocycles. The van der Waals surface area contributed by atoms with Crippen molar-refractivity contribution in [3.05, 3.63) is 62.6 Å². The lowest BCUT2D eigenvalue weighted by molar-refractivity contribution is -0.384. The van der Waals surface area contributed by atoms with Crippen molar-refractivity contribution in [2.45, 2.75) is 12.7 Å². The van der Waals surface area contributed by atoms with Crippen LogP contribution in [0.15, 0.2) is 41.3 Å². The van der Waals surface area contributed by atoms with Gasteiger partial charge in [0.2, 0.25) is 11.8 Å². The molecule has 3 rings (SSSR count). The summed E-state index contributed by atoms with van der Waals surface area (Å²) in [5.41, 5.74) is -0.0109. The molecule has 28 heavy (non-hydrogen) atoms. The van der Waals surface area contributed by atoms with E-state index in [0.717, 1.165) is 6.07 Å². The zero-order valence-electron chi connectivity index (χ0n) is 14.0. The second kappa shape index (κ2) is 7.50. The lowest BCUT2D eigenvalue weighted by atomic mass is 10.2. The molecule has 1 aromatic carbocycles. The van der Waals surface area contributed by atoms with Crippen LogP contribution in [0.5, 0.6) is 5.88 Å². The minimum atomic E-state index is -4.47. The van der Waals surface area contributed by atoms with Crippen LogP contribution < -0.4 is 15.6 Å². The van der Waals surface area contributed by atoms with Crippen LogP contribution in [0.3, 0.4) is 0 Å². The highest BCUT2D eigenvalue weighted by atomic mass is 19.4. The van der Waals surface area contributed by atoms with Gasteiger partial charge in [0, 0.05) is 30.9 Å². The molecule has 2 heterocycles. The van der Waals surface area contributed by atoms with Crippen LogP contribution in [0, 0.1) is 10.1 Å². The summed E-state index contributed by atoms with van der Waals surface area (Å²) in [4.78, 5) is 32.6. The molecule has 0 spiro atoms. The van der Waals surface area contributed by atoms with E-state index >= 15 is 0 Å². The molecule has 3 aromatic rings. The van der Waals surface area contributed by atoms with E-state index in [1.54, 1.807) is 6.07 Å². The van der Waals surface area contributed by atoms with Crippen molar-refractivity contribution >= 4 is 22.5 Å². The Bertz CT molecular complexity index is 1080. The number of benzene rings is 1. The third-order valence-corrected chi connectivity index (χ3v) is 3.54. The lowest BCUT2D eigenvalue weighted by Gasteiger charge is -2.10. The SMILES string of the molecule is O=c1[nH]c(NCc2ccnc(OCC(F)(F)F)c2)nc2ccc([N+](=O)[O-])cc12. The monoisotopic (exact) mass is 395 g/mol. The Kier molecular flexibility index (Phi) is 5.11. The molecule has 2 aromatic heterocycles. The number of nitro benzene ring substituents is 1. The van der Waals surface area contributed by atoms with Gasteiger partial charge in [-0.05, 0) is 17.7 Å². The van der Waals surface area contributed by atoms with Gasteiger partial charge in [-0.2, -0.15) is 13.2 Å². The molecule has 0 aliphatic carbocycles. The Hall–Kier alpha value is -3.70. The smallest absolute Gasteiger partial charge is 0.422 e. The van der Waals surface area contributed by atoms with Crippen LogP contribution in [0.1, 0.15) is 5.56 Å². The van der Waals surface area contributed by atoms with Crippen molar-refractivity contribution in [1.29, 1.82) is 0 Å². The number of alkyl halides is 3. The van der Waals surface area contributed by atoms with Gasteiger partial charge in [-0.25, -0.2) is 9.97 Å². The molecule has 0 saturated heterocycles. The predicted molar refractivity (Wildman–Crippen MR) is 92.1 cm³/mol. The number of aromatic nitrogens is 3. The summed E-state index contributed by atoms with van der Waals surface area (Å²) in [5.74, 6) is -0.0928. The van der Waals surface area contributed by atoms with Gasteiger partial charge in [-0.1, -0.05) is 0 Å². The van der Waals surface area contributed by atoms with Crippen molar-refractivity contribution in [1.82, 2.24) is 15.0 Å². The van der Waals surface area contributed by atoms with Gasteiger partial charge in [0.05, 0.1) is 15.8 Å². The number of ether oxygens (including phenoxy) is 1. The van der Waals surface area contributed by atoms with E-state index in [0.29, 0.717) is 5.56 Å². The average molecular weight is 395 g/mol. The number of anilines is 1. The van der Waals surface area contributed by atoms with Crippen LogP contribution >= 0.6 is 0 Å². The number of pyridine rings is 1. The minimum absolute atomic E-state index is 0.0616. The van der Waals surface area contributed by atoms with Gasteiger partial charge in [-0.3, -0.25) is 19.9 Å². The van der Waals surface area contributed by atoms with Gasteiger partial charge >= 0.3 is 6.18 Å². The number of nitrogens with one attached hydrogen (secondary N) is 2. The Balaban J connectivity index is 1.74. The fourth-order valence-electron chi connectivity index (χ4n) is 2.30. The Morgan fingerprint density at radius 1 is 1.25 bits per heavy atom.